The summed E-state index contributed by atoms with van der Waals surface area (Å²) in [6.07, 6.45) is 2.67. The molecule has 0 aliphatic heterocycles. The van der Waals surface area contributed by atoms with E-state index in [1.807, 2.05) is 0 Å². The summed E-state index contributed by atoms with van der Waals surface area (Å²) in [6, 6.07) is 10.3. The molecule has 26 heavy (non-hydrogen) atoms. The van der Waals surface area contributed by atoms with Crippen LogP contribution in [0.1, 0.15) is 11.3 Å². The highest BCUT2D eigenvalue weighted by Crippen LogP contribution is 2.25. The van der Waals surface area contributed by atoms with Crippen molar-refractivity contribution in [3.8, 4) is 0 Å². The van der Waals surface area contributed by atoms with Gasteiger partial charge >= 0.3 is 0 Å². The fraction of sp³-hybridized carbons (Fsp3) is 0.118. The molecule has 0 aliphatic rings. The van der Waals surface area contributed by atoms with E-state index < -0.39 is 15.8 Å². The Bertz CT molecular complexity index is 995. The summed E-state index contributed by atoms with van der Waals surface area (Å²) < 4.78 is 46.5. The van der Waals surface area contributed by atoms with Gasteiger partial charge in [0.1, 0.15) is 21.6 Å². The van der Waals surface area contributed by atoms with E-state index in [9.17, 15) is 12.8 Å². The van der Waals surface area contributed by atoms with E-state index in [0.717, 1.165) is 0 Å². The van der Waals surface area contributed by atoms with Crippen LogP contribution in [0.3, 0.4) is 0 Å². The van der Waals surface area contributed by atoms with E-state index in [0.29, 0.717) is 15.8 Å². The zero-order valence-corrected chi connectivity index (χ0v) is 16.4. The molecule has 2 aromatic heterocycles. The predicted octanol–water partition coefficient (Wildman–Crippen LogP) is 4.62. The van der Waals surface area contributed by atoms with Crippen molar-refractivity contribution in [2.24, 2.45) is 0 Å². The van der Waals surface area contributed by atoms with Crippen LogP contribution in [-0.4, -0.2) is 17.7 Å². The van der Waals surface area contributed by atoms with Crippen molar-refractivity contribution < 1.29 is 17.2 Å². The van der Waals surface area contributed by atoms with Crippen molar-refractivity contribution in [3.63, 3.8) is 0 Å². The number of halogens is 3. The first-order chi connectivity index (χ1) is 12.4. The molecule has 0 saturated heterocycles. The lowest BCUT2D eigenvalue weighted by Gasteiger charge is -2.22. The Kier molecular flexibility index (Phi) is 5.76. The first kappa shape index (κ1) is 19.0. The van der Waals surface area contributed by atoms with Gasteiger partial charge in [-0.25, -0.2) is 17.8 Å². The maximum absolute atomic E-state index is 13.3. The zero-order chi connectivity index (χ0) is 18.7. The summed E-state index contributed by atoms with van der Waals surface area (Å²) in [5, 5.41) is 0.197. The highest BCUT2D eigenvalue weighted by atomic mass is 79.9. The fourth-order valence-corrected chi connectivity index (χ4v) is 4.22. The third kappa shape index (κ3) is 4.32. The zero-order valence-electron chi connectivity index (χ0n) is 13.3. The van der Waals surface area contributed by atoms with E-state index in [4.69, 9.17) is 16.0 Å². The van der Waals surface area contributed by atoms with E-state index in [2.05, 4.69) is 20.9 Å². The van der Waals surface area contributed by atoms with Crippen LogP contribution in [0.4, 0.5) is 4.39 Å². The summed E-state index contributed by atoms with van der Waals surface area (Å²) in [6.45, 7) is 0.0360. The Morgan fingerprint density at radius 3 is 2.62 bits per heavy atom. The van der Waals surface area contributed by atoms with Gasteiger partial charge in [-0.15, -0.1) is 0 Å². The summed E-state index contributed by atoms with van der Waals surface area (Å²) in [4.78, 5) is 3.84. The molecular formula is C17H13BrClFN2O3S. The summed E-state index contributed by atoms with van der Waals surface area (Å²) in [5.41, 5.74) is 0.614. The highest BCUT2D eigenvalue weighted by Gasteiger charge is 2.27. The lowest BCUT2D eigenvalue weighted by atomic mass is 10.2. The molecule has 0 amide bonds. The summed E-state index contributed by atoms with van der Waals surface area (Å²) in [5.74, 6) is 0.0664. The number of nitrogens with zero attached hydrogens (tertiary/aromatic N) is 2. The first-order valence-electron chi connectivity index (χ1n) is 7.44. The Balaban J connectivity index is 1.98. The number of sulfonamides is 1. The van der Waals surface area contributed by atoms with Crippen LogP contribution in [0, 0.1) is 5.82 Å². The standard InChI is InChI=1S/C17H13BrClFN2O3S/c18-16-8-13(20)4-3-12(16)10-22(11-14-2-1-7-25-14)26(23,24)15-5-6-17(19)21-9-15/h1-9H,10-11H2. The molecule has 136 valence electrons. The lowest BCUT2D eigenvalue weighted by Crippen LogP contribution is -2.30. The minimum Gasteiger partial charge on any atom is -0.468 e. The van der Waals surface area contributed by atoms with Gasteiger partial charge < -0.3 is 4.42 Å². The van der Waals surface area contributed by atoms with Crippen LogP contribution >= 0.6 is 27.5 Å². The fourth-order valence-electron chi connectivity index (χ4n) is 2.31. The molecule has 9 heteroatoms. The van der Waals surface area contributed by atoms with Crippen molar-refractivity contribution in [3.05, 3.63) is 81.7 Å². The van der Waals surface area contributed by atoms with Gasteiger partial charge in [0, 0.05) is 17.2 Å². The second-order valence-corrected chi connectivity index (χ2v) is 8.58. The van der Waals surface area contributed by atoms with Gasteiger partial charge in [-0.1, -0.05) is 33.6 Å². The van der Waals surface area contributed by atoms with Crippen LogP contribution in [0.25, 0.3) is 0 Å². The molecule has 3 aromatic rings. The normalized spacial score (nSPS) is 11.8. The number of furan rings is 1. The van der Waals surface area contributed by atoms with Gasteiger partial charge in [0.2, 0.25) is 10.0 Å². The minimum absolute atomic E-state index is 0.00619. The van der Waals surface area contributed by atoms with Gasteiger partial charge in [-0.3, -0.25) is 0 Å². The molecule has 2 heterocycles. The SMILES string of the molecule is O=S(=O)(c1ccc(Cl)nc1)N(Cc1ccco1)Cc1ccc(F)cc1Br. The summed E-state index contributed by atoms with van der Waals surface area (Å²) in [7, 11) is -3.88. The molecule has 0 N–H and O–H groups in total. The number of hydrogen-bond acceptors (Lipinski definition) is 4. The Labute approximate surface area is 163 Å². The van der Waals surface area contributed by atoms with Crippen LogP contribution in [-0.2, 0) is 23.1 Å². The molecule has 3 rings (SSSR count). The van der Waals surface area contributed by atoms with Crippen molar-refractivity contribution in [2.75, 3.05) is 0 Å². The highest BCUT2D eigenvalue weighted by molar-refractivity contribution is 9.10. The second-order valence-electron chi connectivity index (χ2n) is 5.40. The van der Waals surface area contributed by atoms with Crippen molar-refractivity contribution in [1.29, 1.82) is 0 Å². The van der Waals surface area contributed by atoms with Crippen LogP contribution < -0.4 is 0 Å². The third-order valence-corrected chi connectivity index (χ3v) is 6.35. The number of benzene rings is 1. The molecule has 0 radical (unpaired) electrons. The average Bonchev–Trinajstić information content (AvgIpc) is 3.10. The monoisotopic (exact) mass is 458 g/mol. The predicted molar refractivity (Wildman–Crippen MR) is 98.5 cm³/mol. The minimum atomic E-state index is -3.88. The third-order valence-electron chi connectivity index (χ3n) is 3.61. The van der Waals surface area contributed by atoms with Crippen LogP contribution in [0.15, 0.2) is 68.7 Å². The molecule has 0 atom stereocenters. The van der Waals surface area contributed by atoms with Gasteiger partial charge in [0.05, 0.1) is 12.8 Å². The topological polar surface area (TPSA) is 63.4 Å². The van der Waals surface area contributed by atoms with E-state index in [1.54, 1.807) is 12.1 Å². The Morgan fingerprint density at radius 2 is 2.00 bits per heavy atom. The number of hydrogen-bond donors (Lipinski definition) is 0. The maximum Gasteiger partial charge on any atom is 0.245 e. The number of pyridine rings is 1. The smallest absolute Gasteiger partial charge is 0.245 e. The van der Waals surface area contributed by atoms with Gasteiger partial charge in [-0.05, 0) is 42.0 Å². The number of aromatic nitrogens is 1. The maximum atomic E-state index is 13.3. The summed E-state index contributed by atoms with van der Waals surface area (Å²) >= 11 is 9.02. The van der Waals surface area contributed by atoms with Crippen LogP contribution in [0.2, 0.25) is 5.15 Å². The second kappa shape index (κ2) is 7.87. The molecule has 0 aliphatic carbocycles. The van der Waals surface area contributed by atoms with Crippen molar-refractivity contribution in [2.45, 2.75) is 18.0 Å². The van der Waals surface area contributed by atoms with Crippen molar-refractivity contribution in [1.82, 2.24) is 9.29 Å². The van der Waals surface area contributed by atoms with Crippen LogP contribution in [0.5, 0.6) is 0 Å². The van der Waals surface area contributed by atoms with Gasteiger partial charge in [0.15, 0.2) is 0 Å². The van der Waals surface area contributed by atoms with E-state index in [-0.39, 0.29) is 23.1 Å². The van der Waals surface area contributed by atoms with Gasteiger partial charge in [-0.2, -0.15) is 4.31 Å². The molecule has 0 bridgehead atoms. The number of rotatable bonds is 6. The average molecular weight is 460 g/mol. The van der Waals surface area contributed by atoms with E-state index in [1.165, 1.54) is 47.1 Å². The molecule has 0 saturated carbocycles. The van der Waals surface area contributed by atoms with Crippen molar-refractivity contribution >= 4 is 37.6 Å². The largest absolute Gasteiger partial charge is 0.468 e. The molecule has 0 spiro atoms. The molecule has 0 fully saturated rings. The quantitative estimate of drug-likeness (QED) is 0.505. The Hall–Kier alpha value is -1.74. The Morgan fingerprint density at radius 1 is 1.19 bits per heavy atom. The molecular weight excluding hydrogens is 447 g/mol. The molecule has 1 aromatic carbocycles. The lowest BCUT2D eigenvalue weighted by molar-refractivity contribution is 0.358. The molecule has 0 unspecified atom stereocenters. The molecule has 5 nitrogen and oxygen atoms in total. The van der Waals surface area contributed by atoms with E-state index >= 15 is 0 Å². The van der Waals surface area contributed by atoms with Gasteiger partial charge in [0.25, 0.3) is 0 Å². The first-order valence-corrected chi connectivity index (χ1v) is 10.1.